The zero-order valence-electron chi connectivity index (χ0n) is 35.3. The van der Waals surface area contributed by atoms with Gasteiger partial charge in [-0.05, 0) is 132 Å². The molecule has 0 fully saturated rings. The Hall–Kier alpha value is -6.84. The van der Waals surface area contributed by atoms with Gasteiger partial charge >= 0.3 is 0 Å². The quantitative estimate of drug-likeness (QED) is 0.172. The monoisotopic (exact) mass is 782 g/mol. The molecule has 3 heteroatoms. The first-order valence-corrected chi connectivity index (χ1v) is 21.9. The van der Waals surface area contributed by atoms with E-state index in [1.165, 1.54) is 117 Å². The van der Waals surface area contributed by atoms with Gasteiger partial charge < -0.3 is 9.88 Å². The van der Waals surface area contributed by atoms with Gasteiger partial charge in [0.25, 0.3) is 0 Å². The van der Waals surface area contributed by atoms with Crippen molar-refractivity contribution in [2.75, 3.05) is 5.32 Å². The van der Waals surface area contributed by atoms with E-state index in [1.54, 1.807) is 0 Å². The van der Waals surface area contributed by atoms with Crippen LogP contribution in [0.25, 0.3) is 82.4 Å². The number of hydrogen-bond donors (Lipinski definition) is 1. The van der Waals surface area contributed by atoms with Crippen LogP contribution in [0.1, 0.15) is 51.7 Å². The highest BCUT2D eigenvalue weighted by atomic mass is 15.0. The summed E-state index contributed by atoms with van der Waals surface area (Å²) >= 11 is 0. The molecule has 12 rings (SSSR count). The molecule has 1 aliphatic heterocycles. The molecule has 10 aromatic rings. The van der Waals surface area contributed by atoms with E-state index in [1.807, 2.05) is 0 Å². The lowest BCUT2D eigenvalue weighted by Crippen LogP contribution is -2.37. The Labute approximate surface area is 358 Å². The lowest BCUT2D eigenvalue weighted by Gasteiger charge is -2.42. The maximum absolute atomic E-state index is 4.06. The van der Waals surface area contributed by atoms with Gasteiger partial charge in [0, 0.05) is 38.9 Å². The van der Waals surface area contributed by atoms with Crippen LogP contribution < -0.4 is 16.2 Å². The third kappa shape index (κ3) is 5.63. The molecule has 0 atom stereocenters. The van der Waals surface area contributed by atoms with Gasteiger partial charge in [-0.25, -0.2) is 0 Å². The van der Waals surface area contributed by atoms with Crippen molar-refractivity contribution in [3.8, 4) is 39.1 Å². The minimum Gasteiger partial charge on any atom is -0.355 e. The number of rotatable bonds is 5. The minimum absolute atomic E-state index is 0.113. The van der Waals surface area contributed by atoms with Gasteiger partial charge in [0.05, 0.1) is 5.52 Å². The maximum atomic E-state index is 4.06. The van der Waals surface area contributed by atoms with Crippen molar-refractivity contribution in [3.05, 3.63) is 187 Å². The van der Waals surface area contributed by atoms with Crippen LogP contribution in [0.3, 0.4) is 0 Å². The summed E-state index contributed by atoms with van der Waals surface area (Å²) in [5, 5.41) is 11.7. The minimum atomic E-state index is 0.113. The molecule has 1 aromatic heterocycles. The van der Waals surface area contributed by atoms with Crippen molar-refractivity contribution in [2.45, 2.75) is 51.4 Å². The summed E-state index contributed by atoms with van der Waals surface area (Å²) < 4.78 is 2.59. The molecular formula is C58H47BN2. The maximum Gasteiger partial charge on any atom is 0.198 e. The van der Waals surface area contributed by atoms with E-state index in [4.69, 9.17) is 0 Å². The van der Waals surface area contributed by atoms with E-state index in [-0.39, 0.29) is 10.8 Å². The molecule has 0 saturated heterocycles. The Bertz CT molecular complexity index is 3410. The second kappa shape index (κ2) is 13.3. The Morgan fingerprint density at radius 1 is 0.475 bits per heavy atom. The van der Waals surface area contributed by atoms with Gasteiger partial charge in [0.2, 0.25) is 0 Å². The standard InChI is InChI=1S/C58H47BN2/c1-57(2)29-30-58(3,4)48-35-42(25-26-47(48)57)60-50-27-23-38-19-11-13-21-43(38)53(50)54-44-22-14-12-20-40(44)34-52-55(54)59-49-33-41(37-17-9-6-10-18-37)32-46-45-31-39(36-15-7-5-8-16-36)24-28-51(45)61(52)56(46)49/h5-28,31-35,59-60H,29-30H2,1-4H3. The molecule has 2 heterocycles. The molecule has 0 bridgehead atoms. The Balaban J connectivity index is 1.15. The number of aromatic nitrogens is 1. The first-order chi connectivity index (χ1) is 29.7. The van der Waals surface area contributed by atoms with Crippen LogP contribution >= 0.6 is 0 Å². The number of nitrogens with one attached hydrogen (secondary N) is 1. The molecule has 0 amide bonds. The predicted octanol–water partition coefficient (Wildman–Crippen LogP) is 13.9. The molecule has 9 aromatic carbocycles. The van der Waals surface area contributed by atoms with Crippen molar-refractivity contribution in [1.29, 1.82) is 0 Å². The van der Waals surface area contributed by atoms with Gasteiger partial charge in [-0.15, -0.1) is 0 Å². The van der Waals surface area contributed by atoms with Crippen LogP contribution in [0.5, 0.6) is 0 Å². The number of benzene rings is 9. The average molecular weight is 783 g/mol. The smallest absolute Gasteiger partial charge is 0.198 e. The second-order valence-electron chi connectivity index (χ2n) is 18.8. The fourth-order valence-corrected chi connectivity index (χ4v) is 10.9. The van der Waals surface area contributed by atoms with Crippen LogP contribution in [0.15, 0.2) is 176 Å². The lowest BCUT2D eigenvalue weighted by atomic mass is 9.58. The third-order valence-electron chi connectivity index (χ3n) is 14.2. The van der Waals surface area contributed by atoms with Crippen LogP contribution in [0.2, 0.25) is 0 Å². The topological polar surface area (TPSA) is 17.0 Å². The van der Waals surface area contributed by atoms with E-state index < -0.39 is 0 Å². The van der Waals surface area contributed by atoms with E-state index in [0.29, 0.717) is 0 Å². The van der Waals surface area contributed by atoms with E-state index in [2.05, 4.69) is 214 Å². The van der Waals surface area contributed by atoms with Crippen molar-refractivity contribution in [2.24, 2.45) is 0 Å². The summed E-state index contributed by atoms with van der Waals surface area (Å²) in [5.74, 6) is 0. The molecule has 2 nitrogen and oxygen atoms in total. The average Bonchev–Trinajstić information content (AvgIpc) is 3.62. The molecule has 2 aliphatic rings. The van der Waals surface area contributed by atoms with Crippen molar-refractivity contribution in [1.82, 2.24) is 4.57 Å². The van der Waals surface area contributed by atoms with Gasteiger partial charge in [-0.3, -0.25) is 0 Å². The summed E-state index contributed by atoms with van der Waals surface area (Å²) in [6, 6.07) is 65.9. The number of fused-ring (bicyclic) bond motifs is 8. The number of nitrogens with zero attached hydrogens (tertiary/aromatic N) is 1. The molecule has 0 radical (unpaired) electrons. The van der Waals surface area contributed by atoms with Gasteiger partial charge in [-0.1, -0.05) is 167 Å². The van der Waals surface area contributed by atoms with Crippen LogP contribution in [-0.4, -0.2) is 11.8 Å². The molecule has 0 spiro atoms. The molecule has 0 unspecified atom stereocenters. The highest BCUT2D eigenvalue weighted by Crippen LogP contribution is 2.48. The third-order valence-corrected chi connectivity index (χ3v) is 14.2. The summed E-state index contributed by atoms with van der Waals surface area (Å²) in [4.78, 5) is 0. The first-order valence-electron chi connectivity index (χ1n) is 21.9. The van der Waals surface area contributed by atoms with Gasteiger partial charge in [0.1, 0.15) is 0 Å². The largest absolute Gasteiger partial charge is 0.355 e. The number of hydrogen-bond acceptors (Lipinski definition) is 1. The molecule has 1 aliphatic carbocycles. The van der Waals surface area contributed by atoms with Crippen molar-refractivity contribution >= 4 is 72.9 Å². The van der Waals surface area contributed by atoms with E-state index in [9.17, 15) is 0 Å². The predicted molar refractivity (Wildman–Crippen MR) is 264 cm³/mol. The number of anilines is 2. The van der Waals surface area contributed by atoms with Gasteiger partial charge in [-0.2, -0.15) is 0 Å². The molecule has 0 saturated carbocycles. The fraction of sp³-hybridized carbons (Fsp3) is 0.138. The van der Waals surface area contributed by atoms with Crippen LogP contribution in [-0.2, 0) is 10.8 Å². The Morgan fingerprint density at radius 2 is 1.11 bits per heavy atom. The zero-order valence-corrected chi connectivity index (χ0v) is 35.3. The molecule has 61 heavy (non-hydrogen) atoms. The Morgan fingerprint density at radius 3 is 1.87 bits per heavy atom. The van der Waals surface area contributed by atoms with Crippen LogP contribution in [0.4, 0.5) is 11.4 Å². The summed E-state index contributed by atoms with van der Waals surface area (Å²) in [5.41, 5.74) is 19.5. The van der Waals surface area contributed by atoms with E-state index >= 15 is 0 Å². The molecule has 1 N–H and O–H groups in total. The van der Waals surface area contributed by atoms with Gasteiger partial charge in [0.15, 0.2) is 7.28 Å². The van der Waals surface area contributed by atoms with Crippen molar-refractivity contribution in [3.63, 3.8) is 0 Å². The van der Waals surface area contributed by atoms with Crippen molar-refractivity contribution < 1.29 is 0 Å². The highest BCUT2D eigenvalue weighted by molar-refractivity contribution is 6.74. The van der Waals surface area contributed by atoms with Crippen LogP contribution in [0, 0.1) is 0 Å². The second-order valence-corrected chi connectivity index (χ2v) is 18.8. The zero-order chi connectivity index (χ0) is 41.0. The fourth-order valence-electron chi connectivity index (χ4n) is 10.9. The summed E-state index contributed by atoms with van der Waals surface area (Å²) in [6.07, 6.45) is 2.39. The molecule has 292 valence electrons. The normalized spacial score (nSPS) is 14.8. The highest BCUT2D eigenvalue weighted by Gasteiger charge is 2.37. The Kier molecular flexibility index (Phi) is 7.88. The van der Waals surface area contributed by atoms with E-state index in [0.717, 1.165) is 18.7 Å². The lowest BCUT2D eigenvalue weighted by molar-refractivity contribution is 0.332. The molecular weight excluding hydrogens is 735 g/mol. The summed E-state index contributed by atoms with van der Waals surface area (Å²) in [7, 11) is 0.819. The SMILES string of the molecule is CC1(C)CCC(C)(C)c2cc(Nc3ccc4ccccc4c3-c3c4c(cc5ccccc35)-n3c5ccc(-c6ccccc6)cc5c5cc(-c6ccccc6)cc(c53)B4)ccc21. The first kappa shape index (κ1) is 36.1. The summed E-state index contributed by atoms with van der Waals surface area (Å²) in [6.45, 7) is 9.65.